The Bertz CT molecular complexity index is 344. The molecule has 0 radical (unpaired) electrons. The molecule has 0 aliphatic heterocycles. The predicted molar refractivity (Wildman–Crippen MR) is 95.1 cm³/mol. The van der Waals surface area contributed by atoms with Gasteiger partial charge in [0.1, 0.15) is 0 Å². The molecule has 0 amide bonds. The average Bonchev–Trinajstić information content (AvgIpc) is 2.46. The highest BCUT2D eigenvalue weighted by atomic mass is 15.0. The fraction of sp³-hybridized carbons (Fsp3) is 1.00. The van der Waals surface area contributed by atoms with E-state index >= 15 is 0 Å². The van der Waals surface area contributed by atoms with Gasteiger partial charge in [-0.15, -0.1) is 0 Å². The number of rotatable bonds is 5. The van der Waals surface area contributed by atoms with E-state index in [4.69, 9.17) is 0 Å². The van der Waals surface area contributed by atoms with E-state index in [0.29, 0.717) is 5.41 Å². The normalized spacial score (nSPS) is 38.9. The molecule has 2 heteroatoms. The Hall–Kier alpha value is -0.0800. The predicted octanol–water partition coefficient (Wildman–Crippen LogP) is 4.35. The third-order valence-corrected chi connectivity index (χ3v) is 7.42. The molecule has 4 fully saturated rings. The highest BCUT2D eigenvalue weighted by Crippen LogP contribution is 2.61. The van der Waals surface area contributed by atoms with Crippen LogP contribution in [0.15, 0.2) is 0 Å². The number of hydrogen-bond donors (Lipinski definition) is 2. The minimum Gasteiger partial charge on any atom is -0.313 e. The van der Waals surface area contributed by atoms with Gasteiger partial charge >= 0.3 is 0 Å². The van der Waals surface area contributed by atoms with E-state index in [1.807, 2.05) is 0 Å². The molecule has 4 rings (SSSR count). The minimum atomic E-state index is 0.620. The first-order chi connectivity index (χ1) is 10.6. The van der Waals surface area contributed by atoms with E-state index in [1.54, 1.807) is 0 Å². The van der Waals surface area contributed by atoms with Crippen molar-refractivity contribution in [1.82, 2.24) is 10.6 Å². The van der Waals surface area contributed by atoms with Crippen molar-refractivity contribution in [1.29, 1.82) is 0 Å². The van der Waals surface area contributed by atoms with E-state index < -0.39 is 0 Å². The van der Waals surface area contributed by atoms with E-state index in [2.05, 4.69) is 31.4 Å². The van der Waals surface area contributed by atoms with Gasteiger partial charge in [-0.1, -0.05) is 52.9 Å². The fourth-order valence-corrected chi connectivity index (χ4v) is 5.61. The summed E-state index contributed by atoms with van der Waals surface area (Å²) in [6.45, 7) is 9.79. The van der Waals surface area contributed by atoms with Gasteiger partial charge in [0.15, 0.2) is 0 Å². The molecule has 0 spiro atoms. The Kier molecular flexibility index (Phi) is 5.50. The van der Waals surface area contributed by atoms with Crippen molar-refractivity contribution in [3.8, 4) is 0 Å². The van der Waals surface area contributed by atoms with Crippen LogP contribution in [-0.2, 0) is 0 Å². The lowest BCUT2D eigenvalue weighted by Crippen LogP contribution is -2.60. The molecule has 0 aromatic heterocycles. The summed E-state index contributed by atoms with van der Waals surface area (Å²) in [5.41, 5.74) is 0.620. The summed E-state index contributed by atoms with van der Waals surface area (Å²) < 4.78 is 0. The highest BCUT2D eigenvalue weighted by Gasteiger charge is 2.55. The molecular formula is C20H38N2. The standard InChI is InChI=1S/C20H38N2/c1-15-18-13-16(20(18,2)3)14-19(15)22-12-11-21-17-9-7-5-4-6-8-10-17/h15-19,21-22H,4-14H2,1-3H3/t15?,16-,18+,19+/m1/s1. The third-order valence-electron chi connectivity index (χ3n) is 7.42. The number of fused-ring (bicyclic) bond motifs is 2. The van der Waals surface area contributed by atoms with Gasteiger partial charge in [0.05, 0.1) is 0 Å². The van der Waals surface area contributed by atoms with E-state index in [-0.39, 0.29) is 0 Å². The zero-order chi connectivity index (χ0) is 15.6. The maximum atomic E-state index is 3.88. The number of hydrogen-bond acceptors (Lipinski definition) is 2. The monoisotopic (exact) mass is 306 g/mol. The van der Waals surface area contributed by atoms with E-state index in [9.17, 15) is 0 Å². The second-order valence-corrected chi connectivity index (χ2v) is 9.01. The lowest BCUT2D eigenvalue weighted by Gasteiger charge is -2.62. The summed E-state index contributed by atoms with van der Waals surface area (Å²) in [4.78, 5) is 0. The molecule has 128 valence electrons. The Morgan fingerprint density at radius 1 is 0.864 bits per heavy atom. The topological polar surface area (TPSA) is 24.1 Å². The van der Waals surface area contributed by atoms with Crippen LogP contribution in [-0.4, -0.2) is 25.2 Å². The summed E-state index contributed by atoms with van der Waals surface area (Å²) in [6.07, 6.45) is 12.9. The molecule has 2 nitrogen and oxygen atoms in total. The van der Waals surface area contributed by atoms with Crippen molar-refractivity contribution in [3.63, 3.8) is 0 Å². The van der Waals surface area contributed by atoms with Crippen molar-refractivity contribution in [3.05, 3.63) is 0 Å². The quantitative estimate of drug-likeness (QED) is 0.738. The van der Waals surface area contributed by atoms with Gasteiger partial charge in [-0.3, -0.25) is 0 Å². The maximum Gasteiger partial charge on any atom is 0.00989 e. The van der Waals surface area contributed by atoms with Crippen LogP contribution in [0.4, 0.5) is 0 Å². The van der Waals surface area contributed by atoms with E-state index in [1.165, 1.54) is 57.8 Å². The Balaban J connectivity index is 1.34. The third kappa shape index (κ3) is 3.53. The van der Waals surface area contributed by atoms with Crippen molar-refractivity contribution >= 4 is 0 Å². The molecule has 4 saturated carbocycles. The van der Waals surface area contributed by atoms with Gasteiger partial charge < -0.3 is 10.6 Å². The van der Waals surface area contributed by atoms with Gasteiger partial charge in [-0.05, 0) is 48.9 Å². The second kappa shape index (κ2) is 7.21. The van der Waals surface area contributed by atoms with Crippen LogP contribution < -0.4 is 10.6 Å². The van der Waals surface area contributed by atoms with Crippen LogP contribution in [0.2, 0.25) is 0 Å². The largest absolute Gasteiger partial charge is 0.313 e. The van der Waals surface area contributed by atoms with Crippen LogP contribution in [0.1, 0.15) is 78.6 Å². The van der Waals surface area contributed by atoms with Crippen LogP contribution in [0.3, 0.4) is 0 Å². The first-order valence-electron chi connectivity index (χ1n) is 10.1. The molecular weight excluding hydrogens is 268 g/mol. The lowest BCUT2D eigenvalue weighted by atomic mass is 9.45. The molecule has 22 heavy (non-hydrogen) atoms. The zero-order valence-corrected chi connectivity index (χ0v) is 15.2. The van der Waals surface area contributed by atoms with Gasteiger partial charge in [0.25, 0.3) is 0 Å². The van der Waals surface area contributed by atoms with Crippen LogP contribution in [0, 0.1) is 23.2 Å². The maximum absolute atomic E-state index is 3.88. The van der Waals surface area contributed by atoms with Crippen LogP contribution in [0.25, 0.3) is 0 Å². The summed E-state index contributed by atoms with van der Waals surface area (Å²) >= 11 is 0. The molecule has 2 N–H and O–H groups in total. The van der Waals surface area contributed by atoms with Crippen molar-refractivity contribution in [2.75, 3.05) is 13.1 Å². The first kappa shape index (κ1) is 16.8. The molecule has 0 heterocycles. The molecule has 0 saturated heterocycles. The Labute approximate surface area is 138 Å². The summed E-state index contributed by atoms with van der Waals surface area (Å²) in [5, 5.41) is 7.69. The summed E-state index contributed by atoms with van der Waals surface area (Å²) in [6, 6.07) is 1.56. The minimum absolute atomic E-state index is 0.620. The fourth-order valence-electron chi connectivity index (χ4n) is 5.61. The van der Waals surface area contributed by atoms with Crippen molar-refractivity contribution in [2.45, 2.75) is 90.6 Å². The number of nitrogens with one attached hydrogen (secondary N) is 2. The average molecular weight is 307 g/mol. The highest BCUT2D eigenvalue weighted by molar-refractivity contribution is 5.06. The van der Waals surface area contributed by atoms with Gasteiger partial charge in [0, 0.05) is 25.2 Å². The van der Waals surface area contributed by atoms with Gasteiger partial charge in [-0.2, -0.15) is 0 Å². The lowest BCUT2D eigenvalue weighted by molar-refractivity contribution is -0.114. The van der Waals surface area contributed by atoms with E-state index in [0.717, 1.165) is 42.9 Å². The molecule has 1 unspecified atom stereocenters. The van der Waals surface area contributed by atoms with Gasteiger partial charge in [0.2, 0.25) is 0 Å². The molecule has 4 atom stereocenters. The molecule has 2 bridgehead atoms. The summed E-state index contributed by atoms with van der Waals surface area (Å²) in [7, 11) is 0. The smallest absolute Gasteiger partial charge is 0.00989 e. The SMILES string of the molecule is CC1[C@@H](NCCNC2CCCCCCC2)C[C@H]2C[C@@H]1C2(C)C. The van der Waals surface area contributed by atoms with Gasteiger partial charge in [-0.25, -0.2) is 0 Å². The van der Waals surface area contributed by atoms with Crippen LogP contribution in [0.5, 0.6) is 0 Å². The van der Waals surface area contributed by atoms with Crippen LogP contribution >= 0.6 is 0 Å². The molecule has 0 aromatic rings. The Morgan fingerprint density at radius 2 is 1.50 bits per heavy atom. The summed E-state index contributed by atoms with van der Waals surface area (Å²) in [5.74, 6) is 2.80. The zero-order valence-electron chi connectivity index (χ0n) is 15.2. The molecule has 4 aliphatic carbocycles. The van der Waals surface area contributed by atoms with Crippen molar-refractivity contribution in [2.24, 2.45) is 23.2 Å². The Morgan fingerprint density at radius 3 is 2.14 bits per heavy atom. The first-order valence-corrected chi connectivity index (χ1v) is 10.1. The second-order valence-electron chi connectivity index (χ2n) is 9.01. The van der Waals surface area contributed by atoms with Crippen molar-refractivity contribution < 1.29 is 0 Å². The molecule has 0 aromatic carbocycles. The molecule has 4 aliphatic rings.